The van der Waals surface area contributed by atoms with E-state index in [0.717, 1.165) is 26.6 Å². The van der Waals surface area contributed by atoms with Gasteiger partial charge in [-0.2, -0.15) is 0 Å². The van der Waals surface area contributed by atoms with E-state index in [4.69, 9.17) is 11.6 Å². The van der Waals surface area contributed by atoms with Crippen molar-refractivity contribution in [2.24, 2.45) is 5.92 Å². The molecule has 4 rings (SSSR count). The zero-order chi connectivity index (χ0) is 32.6. The lowest BCUT2D eigenvalue weighted by Gasteiger charge is -2.34. The minimum absolute atomic E-state index is 0.00201. The van der Waals surface area contributed by atoms with Gasteiger partial charge in [0.25, 0.3) is 10.0 Å². The van der Waals surface area contributed by atoms with E-state index in [1.54, 1.807) is 18.2 Å². The van der Waals surface area contributed by atoms with Crippen molar-refractivity contribution >= 4 is 39.1 Å². The van der Waals surface area contributed by atoms with Crippen LogP contribution in [0, 0.1) is 19.8 Å². The Balaban J connectivity index is 1.81. The number of halogens is 1. The molecule has 7 nitrogen and oxygen atoms in total. The second kappa shape index (κ2) is 15.2. The number of hydrogen-bond donors (Lipinski definition) is 1. The predicted octanol–water partition coefficient (Wildman–Crippen LogP) is 6.56. The van der Waals surface area contributed by atoms with Gasteiger partial charge in [0.05, 0.1) is 10.6 Å². The number of sulfonamides is 1. The van der Waals surface area contributed by atoms with Gasteiger partial charge in [-0.3, -0.25) is 13.9 Å². The van der Waals surface area contributed by atoms with Crippen LogP contribution in [0.5, 0.6) is 0 Å². The quantitative estimate of drug-likeness (QED) is 0.178. The Morgan fingerprint density at radius 1 is 0.844 bits per heavy atom. The van der Waals surface area contributed by atoms with Crippen molar-refractivity contribution in [3.63, 3.8) is 0 Å². The molecule has 0 fully saturated rings. The molecule has 2 amide bonds. The van der Waals surface area contributed by atoms with Crippen molar-refractivity contribution in [2.45, 2.75) is 51.6 Å². The number of carbonyl (C=O) groups excluding carboxylic acids is 2. The maximum atomic E-state index is 14.6. The van der Waals surface area contributed by atoms with E-state index in [9.17, 15) is 18.0 Å². The van der Waals surface area contributed by atoms with Crippen molar-refractivity contribution < 1.29 is 18.0 Å². The van der Waals surface area contributed by atoms with E-state index in [1.807, 2.05) is 88.4 Å². The van der Waals surface area contributed by atoms with Gasteiger partial charge < -0.3 is 10.2 Å². The van der Waals surface area contributed by atoms with Gasteiger partial charge in [0.15, 0.2) is 0 Å². The number of nitrogens with one attached hydrogen (secondary N) is 1. The molecule has 0 radical (unpaired) electrons. The second-order valence-corrected chi connectivity index (χ2v) is 13.9. The third-order valence-electron chi connectivity index (χ3n) is 7.53. The van der Waals surface area contributed by atoms with Crippen molar-refractivity contribution in [2.75, 3.05) is 17.4 Å². The number of aryl methyl sites for hydroxylation is 2. The molecule has 0 heterocycles. The van der Waals surface area contributed by atoms with Crippen molar-refractivity contribution in [3.8, 4) is 0 Å². The molecule has 9 heteroatoms. The molecule has 0 aliphatic carbocycles. The normalized spacial score (nSPS) is 12.0. The molecule has 1 unspecified atom stereocenters. The summed E-state index contributed by atoms with van der Waals surface area (Å²) in [6.45, 7) is 7.87. The average Bonchev–Trinajstić information content (AvgIpc) is 3.01. The molecule has 4 aromatic carbocycles. The smallest absolute Gasteiger partial charge is 0.264 e. The van der Waals surface area contributed by atoms with Gasteiger partial charge in [0.2, 0.25) is 11.8 Å². The number of benzene rings is 4. The summed E-state index contributed by atoms with van der Waals surface area (Å²) in [6.07, 6.45) is 0.261. The van der Waals surface area contributed by atoms with E-state index in [1.165, 1.54) is 29.2 Å². The largest absolute Gasteiger partial charge is 0.354 e. The van der Waals surface area contributed by atoms with E-state index < -0.39 is 28.5 Å². The molecule has 4 aromatic rings. The first-order valence-electron chi connectivity index (χ1n) is 15.0. The standard InChI is InChI=1S/C36H40ClN3O4S/c1-26(2)23-38-36(42)34(22-29-13-6-5-7-14-29)39(24-30-15-9-8-12-28(30)4)35(41)25-40(32-16-10-11-27(3)21-32)45(43,44)33-19-17-31(37)18-20-33/h5-21,26,34H,22-25H2,1-4H3,(H,38,42). The minimum atomic E-state index is -4.20. The fourth-order valence-corrected chi connectivity index (χ4v) is 6.53. The van der Waals surface area contributed by atoms with Gasteiger partial charge >= 0.3 is 0 Å². The van der Waals surface area contributed by atoms with Crippen molar-refractivity contribution in [1.82, 2.24) is 10.2 Å². The van der Waals surface area contributed by atoms with Crippen LogP contribution < -0.4 is 9.62 Å². The topological polar surface area (TPSA) is 86.8 Å². The fourth-order valence-electron chi connectivity index (χ4n) is 4.99. The summed E-state index contributed by atoms with van der Waals surface area (Å²) in [5.41, 5.74) is 3.89. The number of rotatable bonds is 13. The van der Waals surface area contributed by atoms with Crippen LogP contribution in [-0.4, -0.2) is 44.3 Å². The van der Waals surface area contributed by atoms with Crippen LogP contribution in [-0.2, 0) is 32.6 Å². The van der Waals surface area contributed by atoms with Crippen molar-refractivity contribution in [1.29, 1.82) is 0 Å². The molecule has 0 aliphatic heterocycles. The van der Waals surface area contributed by atoms with Crippen LogP contribution in [0.3, 0.4) is 0 Å². The number of nitrogens with zero attached hydrogens (tertiary/aromatic N) is 2. The van der Waals surface area contributed by atoms with E-state index in [2.05, 4.69) is 5.32 Å². The average molecular weight is 646 g/mol. The highest BCUT2D eigenvalue weighted by Crippen LogP contribution is 2.27. The Hall–Kier alpha value is -4.14. The Morgan fingerprint density at radius 2 is 1.51 bits per heavy atom. The first kappa shape index (κ1) is 33.7. The molecule has 45 heavy (non-hydrogen) atoms. The summed E-state index contributed by atoms with van der Waals surface area (Å²) < 4.78 is 29.4. The Morgan fingerprint density at radius 3 is 2.16 bits per heavy atom. The monoisotopic (exact) mass is 645 g/mol. The van der Waals surface area contributed by atoms with Crippen LogP contribution in [0.1, 0.15) is 36.1 Å². The molecular weight excluding hydrogens is 606 g/mol. The maximum absolute atomic E-state index is 14.6. The lowest BCUT2D eigenvalue weighted by molar-refractivity contribution is -0.140. The molecule has 236 valence electrons. The fraction of sp³-hybridized carbons (Fsp3) is 0.278. The van der Waals surface area contributed by atoms with Gasteiger partial charge in [0.1, 0.15) is 12.6 Å². The van der Waals surface area contributed by atoms with Gasteiger partial charge in [-0.1, -0.05) is 92.2 Å². The summed E-state index contributed by atoms with van der Waals surface area (Å²) in [6, 6.07) is 29.2. The predicted molar refractivity (Wildman–Crippen MR) is 181 cm³/mol. The molecule has 0 bridgehead atoms. The van der Waals surface area contributed by atoms with Gasteiger partial charge in [0, 0.05) is 24.5 Å². The Labute approximate surface area is 271 Å². The highest BCUT2D eigenvalue weighted by atomic mass is 35.5. The Bertz CT molecular complexity index is 1710. The molecule has 0 aromatic heterocycles. The van der Waals surface area contributed by atoms with E-state index >= 15 is 0 Å². The number of anilines is 1. The van der Waals surface area contributed by atoms with Crippen LogP contribution in [0.2, 0.25) is 5.02 Å². The zero-order valence-corrected chi connectivity index (χ0v) is 27.7. The summed E-state index contributed by atoms with van der Waals surface area (Å²) in [5, 5.41) is 3.41. The molecule has 0 spiro atoms. The van der Waals surface area contributed by atoms with Crippen LogP contribution in [0.25, 0.3) is 0 Å². The third kappa shape index (κ3) is 8.96. The minimum Gasteiger partial charge on any atom is -0.354 e. The van der Waals surface area contributed by atoms with Gasteiger partial charge in [-0.05, 0) is 78.4 Å². The van der Waals surface area contributed by atoms with Crippen LogP contribution >= 0.6 is 11.6 Å². The zero-order valence-electron chi connectivity index (χ0n) is 26.1. The molecule has 0 saturated carbocycles. The molecule has 0 aliphatic rings. The first-order chi connectivity index (χ1) is 21.5. The lowest BCUT2D eigenvalue weighted by atomic mass is 10.0. The summed E-state index contributed by atoms with van der Waals surface area (Å²) >= 11 is 6.06. The lowest BCUT2D eigenvalue weighted by Crippen LogP contribution is -2.53. The SMILES string of the molecule is Cc1cccc(N(CC(=O)N(Cc2ccccc2C)C(Cc2ccccc2)C(=O)NCC(C)C)S(=O)(=O)c2ccc(Cl)cc2)c1. The molecule has 0 saturated heterocycles. The van der Waals surface area contributed by atoms with Crippen LogP contribution in [0.4, 0.5) is 5.69 Å². The number of carbonyl (C=O) groups is 2. The highest BCUT2D eigenvalue weighted by molar-refractivity contribution is 7.92. The van der Waals surface area contributed by atoms with Crippen molar-refractivity contribution in [3.05, 3.63) is 130 Å². The molecule has 1 atom stereocenters. The first-order valence-corrected chi connectivity index (χ1v) is 16.8. The number of amides is 2. The van der Waals surface area contributed by atoms with E-state index in [0.29, 0.717) is 17.3 Å². The summed E-state index contributed by atoms with van der Waals surface area (Å²) in [5.74, 6) is -0.594. The van der Waals surface area contributed by atoms with E-state index in [-0.39, 0.29) is 29.7 Å². The van der Waals surface area contributed by atoms with Gasteiger partial charge in [-0.15, -0.1) is 0 Å². The third-order valence-corrected chi connectivity index (χ3v) is 9.57. The number of hydrogen-bond acceptors (Lipinski definition) is 4. The van der Waals surface area contributed by atoms with Gasteiger partial charge in [-0.25, -0.2) is 8.42 Å². The highest BCUT2D eigenvalue weighted by Gasteiger charge is 2.35. The van der Waals surface area contributed by atoms with Crippen LogP contribution in [0.15, 0.2) is 108 Å². The summed E-state index contributed by atoms with van der Waals surface area (Å²) in [7, 11) is -4.20. The maximum Gasteiger partial charge on any atom is 0.264 e. The second-order valence-electron chi connectivity index (χ2n) is 11.6. The Kier molecular flexibility index (Phi) is 11.4. The molecular formula is C36H40ClN3O4S. The molecule has 1 N–H and O–H groups in total. The summed E-state index contributed by atoms with van der Waals surface area (Å²) in [4.78, 5) is 29.9.